The standard InChI is InChI=1S/C12H11NS/c1-2-6-9(5-1)12-13-10-7-3-4-8-11(10)14-12/h1-9,12-13H. The normalized spacial score (nSPS) is 23.9. The SMILES string of the molecule is C1=CC(C2Nc3ccccc3S2)C=C1. The minimum absolute atomic E-state index is 0.474. The Kier molecular flexibility index (Phi) is 1.88. The summed E-state index contributed by atoms with van der Waals surface area (Å²) in [5.74, 6) is 0.535. The molecule has 14 heavy (non-hydrogen) atoms. The van der Waals surface area contributed by atoms with Gasteiger partial charge in [-0.2, -0.15) is 0 Å². The van der Waals surface area contributed by atoms with Crippen LogP contribution in [-0.4, -0.2) is 5.37 Å². The highest BCUT2D eigenvalue weighted by Gasteiger charge is 2.26. The van der Waals surface area contributed by atoms with Gasteiger partial charge in [-0.15, -0.1) is 0 Å². The van der Waals surface area contributed by atoms with E-state index in [0.717, 1.165) is 0 Å². The van der Waals surface area contributed by atoms with Crippen molar-refractivity contribution in [3.63, 3.8) is 0 Å². The molecule has 0 radical (unpaired) electrons. The van der Waals surface area contributed by atoms with Gasteiger partial charge >= 0.3 is 0 Å². The quantitative estimate of drug-likeness (QED) is 0.748. The van der Waals surface area contributed by atoms with E-state index < -0.39 is 0 Å². The van der Waals surface area contributed by atoms with Crippen molar-refractivity contribution >= 4 is 17.4 Å². The molecule has 1 aliphatic carbocycles. The topological polar surface area (TPSA) is 12.0 Å². The molecule has 1 heterocycles. The third-order valence-electron chi connectivity index (χ3n) is 2.57. The first kappa shape index (κ1) is 8.18. The average molecular weight is 201 g/mol. The van der Waals surface area contributed by atoms with Crippen molar-refractivity contribution in [2.75, 3.05) is 5.32 Å². The summed E-state index contributed by atoms with van der Waals surface area (Å²) >= 11 is 1.92. The Morgan fingerprint density at radius 3 is 2.64 bits per heavy atom. The lowest BCUT2D eigenvalue weighted by Crippen LogP contribution is -2.17. The monoisotopic (exact) mass is 201 g/mol. The van der Waals surface area contributed by atoms with Crippen LogP contribution in [0.4, 0.5) is 5.69 Å². The lowest BCUT2D eigenvalue weighted by molar-refractivity contribution is 0.826. The molecule has 1 aliphatic heterocycles. The van der Waals surface area contributed by atoms with Gasteiger partial charge in [0.25, 0.3) is 0 Å². The molecule has 1 aromatic rings. The Morgan fingerprint density at radius 1 is 1.07 bits per heavy atom. The second kappa shape index (κ2) is 3.21. The molecule has 2 heteroatoms. The predicted molar refractivity (Wildman–Crippen MR) is 61.5 cm³/mol. The predicted octanol–water partition coefficient (Wildman–Crippen LogP) is 3.27. The molecule has 0 saturated carbocycles. The molecule has 0 saturated heterocycles. The molecule has 1 N–H and O–H groups in total. The van der Waals surface area contributed by atoms with Crippen LogP contribution in [0.3, 0.4) is 0 Å². The first-order chi connectivity index (χ1) is 6.93. The number of benzene rings is 1. The van der Waals surface area contributed by atoms with Gasteiger partial charge in [0.2, 0.25) is 0 Å². The third-order valence-corrected chi connectivity index (χ3v) is 3.86. The maximum Gasteiger partial charge on any atom is 0.0867 e. The molecule has 1 nitrogen and oxygen atoms in total. The molecular weight excluding hydrogens is 190 g/mol. The average Bonchev–Trinajstić information content (AvgIpc) is 2.86. The Labute approximate surface area is 87.9 Å². The van der Waals surface area contributed by atoms with Gasteiger partial charge in [-0.1, -0.05) is 48.2 Å². The molecule has 1 unspecified atom stereocenters. The number of nitrogens with one attached hydrogen (secondary N) is 1. The first-order valence-electron chi connectivity index (χ1n) is 4.81. The van der Waals surface area contributed by atoms with Crippen molar-refractivity contribution in [3.8, 4) is 0 Å². The van der Waals surface area contributed by atoms with E-state index in [1.165, 1.54) is 10.6 Å². The van der Waals surface area contributed by atoms with Gasteiger partial charge in [0.15, 0.2) is 0 Å². The minimum Gasteiger partial charge on any atom is -0.371 e. The van der Waals surface area contributed by atoms with Crippen LogP contribution in [0.1, 0.15) is 0 Å². The van der Waals surface area contributed by atoms with Gasteiger partial charge in [0.05, 0.1) is 5.37 Å². The summed E-state index contributed by atoms with van der Waals surface area (Å²) in [6.07, 6.45) is 8.74. The van der Waals surface area contributed by atoms with Crippen molar-refractivity contribution in [1.82, 2.24) is 0 Å². The first-order valence-corrected chi connectivity index (χ1v) is 5.69. The number of anilines is 1. The number of thioether (sulfide) groups is 1. The van der Waals surface area contributed by atoms with Crippen molar-refractivity contribution in [3.05, 3.63) is 48.6 Å². The second-order valence-electron chi connectivity index (χ2n) is 3.53. The van der Waals surface area contributed by atoms with E-state index in [9.17, 15) is 0 Å². The van der Waals surface area contributed by atoms with Gasteiger partial charge in [0.1, 0.15) is 0 Å². The van der Waals surface area contributed by atoms with Crippen LogP contribution < -0.4 is 5.32 Å². The second-order valence-corrected chi connectivity index (χ2v) is 4.71. The molecular formula is C12H11NS. The Hall–Kier alpha value is -1.15. The summed E-state index contributed by atoms with van der Waals surface area (Å²) in [5, 5.41) is 4.01. The van der Waals surface area contributed by atoms with Gasteiger partial charge in [-0.25, -0.2) is 0 Å². The molecule has 70 valence electrons. The zero-order valence-electron chi connectivity index (χ0n) is 7.68. The molecule has 0 bridgehead atoms. The number of fused-ring (bicyclic) bond motifs is 1. The highest BCUT2D eigenvalue weighted by Crippen LogP contribution is 2.42. The molecule has 3 rings (SSSR count). The van der Waals surface area contributed by atoms with Gasteiger partial charge in [-0.05, 0) is 12.1 Å². The maximum absolute atomic E-state index is 3.54. The fraction of sp³-hybridized carbons (Fsp3) is 0.167. The molecule has 2 aliphatic rings. The smallest absolute Gasteiger partial charge is 0.0867 e. The molecule has 1 atom stereocenters. The summed E-state index contributed by atoms with van der Waals surface area (Å²) < 4.78 is 0. The van der Waals surface area contributed by atoms with Crippen molar-refractivity contribution < 1.29 is 0 Å². The fourth-order valence-corrected chi connectivity index (χ4v) is 3.04. The summed E-state index contributed by atoms with van der Waals surface area (Å²) in [5.41, 5.74) is 1.27. The van der Waals surface area contributed by atoms with Crippen molar-refractivity contribution in [2.45, 2.75) is 10.3 Å². The number of hydrogen-bond donors (Lipinski definition) is 1. The zero-order valence-corrected chi connectivity index (χ0v) is 8.50. The largest absolute Gasteiger partial charge is 0.371 e. The van der Waals surface area contributed by atoms with Crippen LogP contribution in [0.25, 0.3) is 0 Å². The number of allylic oxidation sites excluding steroid dienone is 2. The van der Waals surface area contributed by atoms with Gasteiger partial charge in [0, 0.05) is 16.5 Å². The Morgan fingerprint density at radius 2 is 1.86 bits per heavy atom. The van der Waals surface area contributed by atoms with E-state index in [4.69, 9.17) is 0 Å². The molecule has 1 aromatic carbocycles. The van der Waals surface area contributed by atoms with Crippen LogP contribution in [0, 0.1) is 5.92 Å². The van der Waals surface area contributed by atoms with Crippen LogP contribution in [0.5, 0.6) is 0 Å². The van der Waals surface area contributed by atoms with E-state index in [2.05, 4.69) is 53.9 Å². The van der Waals surface area contributed by atoms with E-state index in [0.29, 0.717) is 11.3 Å². The van der Waals surface area contributed by atoms with E-state index >= 15 is 0 Å². The number of rotatable bonds is 1. The van der Waals surface area contributed by atoms with Crippen LogP contribution in [-0.2, 0) is 0 Å². The maximum atomic E-state index is 3.54. The molecule has 0 amide bonds. The number of para-hydroxylation sites is 1. The van der Waals surface area contributed by atoms with E-state index in [-0.39, 0.29) is 0 Å². The van der Waals surface area contributed by atoms with Gasteiger partial charge in [-0.3, -0.25) is 0 Å². The lowest BCUT2D eigenvalue weighted by Gasteiger charge is -2.14. The minimum atomic E-state index is 0.474. The summed E-state index contributed by atoms with van der Waals surface area (Å²) in [7, 11) is 0. The lowest BCUT2D eigenvalue weighted by atomic mass is 10.1. The summed E-state index contributed by atoms with van der Waals surface area (Å²) in [6.45, 7) is 0. The Bertz CT molecular complexity index is 372. The highest BCUT2D eigenvalue weighted by molar-refractivity contribution is 8.00. The van der Waals surface area contributed by atoms with E-state index in [1.807, 2.05) is 11.8 Å². The summed E-state index contributed by atoms with van der Waals surface area (Å²) in [6, 6.07) is 8.49. The van der Waals surface area contributed by atoms with Crippen LogP contribution in [0.2, 0.25) is 0 Å². The van der Waals surface area contributed by atoms with Gasteiger partial charge < -0.3 is 5.32 Å². The zero-order chi connectivity index (χ0) is 9.38. The molecule has 0 aromatic heterocycles. The highest BCUT2D eigenvalue weighted by atomic mass is 32.2. The van der Waals surface area contributed by atoms with Crippen molar-refractivity contribution in [2.24, 2.45) is 5.92 Å². The van der Waals surface area contributed by atoms with Crippen LogP contribution >= 0.6 is 11.8 Å². The van der Waals surface area contributed by atoms with Crippen molar-refractivity contribution in [1.29, 1.82) is 0 Å². The van der Waals surface area contributed by atoms with E-state index in [1.54, 1.807) is 0 Å². The molecule has 0 spiro atoms. The fourth-order valence-electron chi connectivity index (χ4n) is 1.83. The summed E-state index contributed by atoms with van der Waals surface area (Å²) in [4.78, 5) is 1.37. The Balaban J connectivity index is 1.84. The number of hydrogen-bond acceptors (Lipinski definition) is 2. The third kappa shape index (κ3) is 1.26. The van der Waals surface area contributed by atoms with Crippen LogP contribution in [0.15, 0.2) is 53.5 Å². The molecule has 0 fully saturated rings.